The highest BCUT2D eigenvalue weighted by molar-refractivity contribution is 5.85. The number of carbonyl (C=O) groups excluding carboxylic acids is 1. The summed E-state index contributed by atoms with van der Waals surface area (Å²) in [5.74, 6) is 0.942. The van der Waals surface area contributed by atoms with Gasteiger partial charge in [0.1, 0.15) is 0 Å². The molecule has 1 N–H and O–H groups in total. The van der Waals surface area contributed by atoms with Crippen molar-refractivity contribution >= 4 is 18.3 Å². The van der Waals surface area contributed by atoms with Gasteiger partial charge in [0.25, 0.3) is 0 Å². The van der Waals surface area contributed by atoms with Crippen molar-refractivity contribution in [3.63, 3.8) is 0 Å². The van der Waals surface area contributed by atoms with Crippen molar-refractivity contribution in [1.82, 2.24) is 15.1 Å². The van der Waals surface area contributed by atoms with Gasteiger partial charge in [-0.2, -0.15) is 0 Å². The monoisotopic (exact) mass is 261 g/mol. The van der Waals surface area contributed by atoms with Gasteiger partial charge in [0.05, 0.1) is 0 Å². The molecule has 0 aliphatic carbocycles. The molecular weight excluding hydrogens is 238 g/mol. The fraction of sp³-hybridized carbons (Fsp3) is 0.917. The molecule has 4 nitrogen and oxygen atoms in total. The van der Waals surface area contributed by atoms with Gasteiger partial charge in [-0.15, -0.1) is 12.4 Å². The Kier molecular flexibility index (Phi) is 6.23. The van der Waals surface area contributed by atoms with E-state index in [1.54, 1.807) is 0 Å². The van der Waals surface area contributed by atoms with E-state index in [1.807, 2.05) is 0 Å². The Bertz CT molecular complexity index is 244. The van der Waals surface area contributed by atoms with E-state index >= 15 is 0 Å². The lowest BCUT2D eigenvalue weighted by molar-refractivity contribution is -0.131. The molecule has 0 aromatic heterocycles. The molecule has 2 aliphatic heterocycles. The summed E-state index contributed by atoms with van der Waals surface area (Å²) in [6, 6.07) is 0. The number of carbonyl (C=O) groups is 1. The van der Waals surface area contributed by atoms with Crippen LogP contribution in [0, 0.1) is 5.92 Å². The average molecular weight is 262 g/mol. The molecule has 2 saturated heterocycles. The molecule has 2 rings (SSSR count). The normalized spacial score (nSPS) is 26.4. The van der Waals surface area contributed by atoms with Crippen LogP contribution in [0.4, 0.5) is 0 Å². The molecule has 0 spiro atoms. The van der Waals surface area contributed by atoms with Crippen LogP contribution in [0.1, 0.15) is 19.3 Å². The van der Waals surface area contributed by atoms with Crippen molar-refractivity contribution in [2.75, 3.05) is 46.3 Å². The van der Waals surface area contributed by atoms with Crippen molar-refractivity contribution in [2.24, 2.45) is 5.92 Å². The van der Waals surface area contributed by atoms with E-state index < -0.39 is 0 Å². The third kappa shape index (κ3) is 4.45. The first-order chi connectivity index (χ1) is 7.75. The Morgan fingerprint density at radius 1 is 1.29 bits per heavy atom. The summed E-state index contributed by atoms with van der Waals surface area (Å²) in [5.41, 5.74) is 0. The zero-order valence-electron chi connectivity index (χ0n) is 10.7. The van der Waals surface area contributed by atoms with Crippen LogP contribution >= 0.6 is 12.4 Å². The van der Waals surface area contributed by atoms with Crippen LogP contribution in [0.25, 0.3) is 0 Å². The number of rotatable bonds is 2. The quantitative estimate of drug-likeness (QED) is 0.790. The second kappa shape index (κ2) is 7.19. The van der Waals surface area contributed by atoms with E-state index in [1.165, 1.54) is 6.42 Å². The number of likely N-dealkylation sites (N-methyl/N-ethyl adjacent to an activating group) is 1. The van der Waals surface area contributed by atoms with Crippen LogP contribution in [0.3, 0.4) is 0 Å². The Morgan fingerprint density at radius 3 is 2.82 bits per heavy atom. The maximum atomic E-state index is 12.1. The van der Waals surface area contributed by atoms with E-state index in [9.17, 15) is 4.79 Å². The molecule has 5 heteroatoms. The Labute approximate surface area is 110 Å². The fourth-order valence-corrected chi connectivity index (χ4v) is 2.56. The Hall–Kier alpha value is -0.320. The van der Waals surface area contributed by atoms with Gasteiger partial charge in [0.15, 0.2) is 0 Å². The number of halogens is 1. The summed E-state index contributed by atoms with van der Waals surface area (Å²) in [6.45, 7) is 6.11. The molecule has 2 heterocycles. The summed E-state index contributed by atoms with van der Waals surface area (Å²) < 4.78 is 0. The zero-order valence-corrected chi connectivity index (χ0v) is 11.5. The Morgan fingerprint density at radius 2 is 2.12 bits per heavy atom. The second-order valence-corrected chi connectivity index (χ2v) is 5.10. The van der Waals surface area contributed by atoms with Crippen LogP contribution in [-0.2, 0) is 4.79 Å². The Balaban J connectivity index is 0.00000144. The summed E-state index contributed by atoms with van der Waals surface area (Å²) in [7, 11) is 2.13. The van der Waals surface area contributed by atoms with Crippen LogP contribution < -0.4 is 5.32 Å². The summed E-state index contributed by atoms with van der Waals surface area (Å²) >= 11 is 0. The van der Waals surface area contributed by atoms with Crippen LogP contribution in [0.5, 0.6) is 0 Å². The molecule has 0 aromatic rings. The van der Waals surface area contributed by atoms with Crippen molar-refractivity contribution < 1.29 is 4.79 Å². The number of nitrogens with zero attached hydrogens (tertiary/aromatic N) is 2. The number of hydrogen-bond donors (Lipinski definition) is 1. The summed E-state index contributed by atoms with van der Waals surface area (Å²) in [5, 5.41) is 3.32. The first-order valence-electron chi connectivity index (χ1n) is 6.43. The van der Waals surface area contributed by atoms with E-state index in [2.05, 4.69) is 22.2 Å². The van der Waals surface area contributed by atoms with Gasteiger partial charge >= 0.3 is 0 Å². The lowest BCUT2D eigenvalue weighted by atomic mass is 10.0. The van der Waals surface area contributed by atoms with Crippen LogP contribution in [-0.4, -0.2) is 62.0 Å². The molecule has 1 unspecified atom stereocenters. The van der Waals surface area contributed by atoms with Gasteiger partial charge in [-0.25, -0.2) is 0 Å². The van der Waals surface area contributed by atoms with E-state index in [0.717, 1.165) is 52.1 Å². The minimum atomic E-state index is 0. The molecule has 17 heavy (non-hydrogen) atoms. The van der Waals surface area contributed by atoms with Crippen molar-refractivity contribution in [3.8, 4) is 0 Å². The molecule has 1 amide bonds. The highest BCUT2D eigenvalue weighted by Crippen LogP contribution is 2.14. The lowest BCUT2D eigenvalue weighted by Crippen LogP contribution is -2.35. The minimum Gasteiger partial charge on any atom is -0.341 e. The molecule has 100 valence electrons. The van der Waals surface area contributed by atoms with Gasteiger partial charge in [-0.3, -0.25) is 4.79 Å². The SMILES string of the molecule is CN1CCCN(C(=O)CC2CCNC2)CC1.Cl. The molecule has 2 fully saturated rings. The highest BCUT2D eigenvalue weighted by Gasteiger charge is 2.22. The van der Waals surface area contributed by atoms with Gasteiger partial charge in [-0.05, 0) is 45.4 Å². The fourth-order valence-electron chi connectivity index (χ4n) is 2.56. The first-order valence-corrected chi connectivity index (χ1v) is 6.43. The van der Waals surface area contributed by atoms with Crippen LogP contribution in [0.15, 0.2) is 0 Å². The number of hydrogen-bond acceptors (Lipinski definition) is 3. The number of amides is 1. The molecular formula is C12H24ClN3O. The van der Waals surface area contributed by atoms with Crippen LogP contribution in [0.2, 0.25) is 0 Å². The highest BCUT2D eigenvalue weighted by atomic mass is 35.5. The van der Waals surface area contributed by atoms with Gasteiger partial charge in [-0.1, -0.05) is 0 Å². The molecule has 1 atom stereocenters. The second-order valence-electron chi connectivity index (χ2n) is 5.10. The van der Waals surface area contributed by atoms with Gasteiger partial charge in [0, 0.05) is 26.1 Å². The zero-order chi connectivity index (χ0) is 11.4. The topological polar surface area (TPSA) is 35.6 Å². The predicted octanol–water partition coefficient (Wildman–Crippen LogP) is 0.572. The minimum absolute atomic E-state index is 0. The third-order valence-corrected chi connectivity index (χ3v) is 3.70. The molecule has 0 bridgehead atoms. The van der Waals surface area contributed by atoms with Gasteiger partial charge in [0.2, 0.25) is 5.91 Å². The summed E-state index contributed by atoms with van der Waals surface area (Å²) in [6.07, 6.45) is 3.03. The smallest absolute Gasteiger partial charge is 0.222 e. The maximum absolute atomic E-state index is 12.1. The first kappa shape index (κ1) is 14.7. The van der Waals surface area contributed by atoms with E-state index in [0.29, 0.717) is 11.8 Å². The standard InChI is InChI=1S/C12H23N3O.ClH/c1-14-5-2-6-15(8-7-14)12(16)9-11-3-4-13-10-11;/h11,13H,2-10H2,1H3;1H. The van der Waals surface area contributed by atoms with Gasteiger partial charge < -0.3 is 15.1 Å². The lowest BCUT2D eigenvalue weighted by Gasteiger charge is -2.22. The maximum Gasteiger partial charge on any atom is 0.222 e. The molecule has 0 aromatic carbocycles. The average Bonchev–Trinajstić information content (AvgIpc) is 2.66. The van der Waals surface area contributed by atoms with Crippen molar-refractivity contribution in [1.29, 1.82) is 0 Å². The predicted molar refractivity (Wildman–Crippen MR) is 71.5 cm³/mol. The van der Waals surface area contributed by atoms with E-state index in [-0.39, 0.29) is 12.4 Å². The molecule has 0 saturated carbocycles. The largest absolute Gasteiger partial charge is 0.341 e. The van der Waals surface area contributed by atoms with Crippen molar-refractivity contribution in [2.45, 2.75) is 19.3 Å². The van der Waals surface area contributed by atoms with Crippen molar-refractivity contribution in [3.05, 3.63) is 0 Å². The molecule has 2 aliphatic rings. The third-order valence-electron chi connectivity index (χ3n) is 3.70. The number of nitrogens with one attached hydrogen (secondary N) is 1. The molecule has 0 radical (unpaired) electrons. The van der Waals surface area contributed by atoms with E-state index in [4.69, 9.17) is 0 Å². The summed E-state index contributed by atoms with van der Waals surface area (Å²) in [4.78, 5) is 16.5.